The van der Waals surface area contributed by atoms with Crippen LogP contribution in [0.25, 0.3) is 0 Å². The van der Waals surface area contributed by atoms with Gasteiger partial charge in [0.1, 0.15) is 12.2 Å². The Labute approximate surface area is 118 Å². The molecular weight excluding hydrogens is 286 g/mol. The van der Waals surface area contributed by atoms with E-state index < -0.39 is 54.5 Å². The largest absolute Gasteiger partial charge is 0.394 e. The average molecular weight is 303 g/mol. The molecule has 1 fully saturated rings. The molecule has 10 heteroatoms. The van der Waals surface area contributed by atoms with Crippen LogP contribution in [-0.4, -0.2) is 67.5 Å². The average Bonchev–Trinajstić information content (AvgIpc) is 2.69. The summed E-state index contributed by atoms with van der Waals surface area (Å²) >= 11 is 0. The normalized spacial score (nSPS) is 36.0. The maximum Gasteiger partial charge on any atom is 0.330 e. The first-order chi connectivity index (χ1) is 9.86. The van der Waals surface area contributed by atoms with Gasteiger partial charge in [-0.15, -0.1) is 0 Å². The summed E-state index contributed by atoms with van der Waals surface area (Å²) in [4.78, 5) is 25.0. The van der Waals surface area contributed by atoms with Crippen LogP contribution >= 0.6 is 0 Å². The zero-order valence-electron chi connectivity index (χ0n) is 11.0. The molecule has 1 aliphatic heterocycles. The van der Waals surface area contributed by atoms with Crippen LogP contribution in [0.2, 0.25) is 0 Å². The monoisotopic (exact) mass is 303 g/mol. The first-order valence-corrected chi connectivity index (χ1v) is 6.19. The van der Waals surface area contributed by atoms with Crippen LogP contribution in [0.1, 0.15) is 0 Å². The van der Waals surface area contributed by atoms with Gasteiger partial charge in [-0.1, -0.05) is 0 Å². The lowest BCUT2D eigenvalue weighted by Gasteiger charge is -2.40. The lowest BCUT2D eigenvalue weighted by atomic mass is 9.86. The van der Waals surface area contributed by atoms with Gasteiger partial charge < -0.3 is 30.9 Å². The maximum atomic E-state index is 11.9. The van der Waals surface area contributed by atoms with Gasteiger partial charge in [-0.3, -0.25) is 14.3 Å². The summed E-state index contributed by atoms with van der Waals surface area (Å²) in [6.07, 6.45) is -1.92. The second-order valence-electron chi connectivity index (χ2n) is 4.83. The number of aliphatic hydroxyl groups excluding tert-OH is 3. The summed E-state index contributed by atoms with van der Waals surface area (Å²) in [5.74, 6) is 0. The maximum absolute atomic E-state index is 11.9. The van der Waals surface area contributed by atoms with E-state index in [0.717, 1.165) is 16.8 Å². The number of nitrogens with one attached hydrogen (secondary N) is 1. The molecule has 0 saturated carbocycles. The van der Waals surface area contributed by atoms with E-state index in [-0.39, 0.29) is 0 Å². The molecule has 0 aromatic carbocycles. The van der Waals surface area contributed by atoms with Crippen molar-refractivity contribution in [3.05, 3.63) is 33.1 Å². The Morgan fingerprint density at radius 3 is 2.57 bits per heavy atom. The van der Waals surface area contributed by atoms with Gasteiger partial charge in [0.2, 0.25) is 0 Å². The van der Waals surface area contributed by atoms with E-state index in [4.69, 9.17) is 10.5 Å². The molecule has 0 spiro atoms. The van der Waals surface area contributed by atoms with Gasteiger partial charge in [-0.2, -0.15) is 0 Å². The highest BCUT2D eigenvalue weighted by Gasteiger charge is 2.65. The number of rotatable bonds is 4. The van der Waals surface area contributed by atoms with Crippen molar-refractivity contribution in [2.75, 3.05) is 19.8 Å². The standard InChI is InChI=1S/C11H17N3O7/c12-4-11(14-2-1-7(17)13-9(14)19)10(20,5-16)8(18)6(3-15)21-11/h1-2,6,8,15-16,18,20H,3-5,12H2,(H,13,17,19)/t6-,8-,10-,11-/m1/s1. The highest BCUT2D eigenvalue weighted by Crippen LogP contribution is 2.42. The van der Waals surface area contributed by atoms with E-state index in [1.54, 1.807) is 0 Å². The number of aliphatic hydroxyl groups is 4. The number of hydrogen-bond acceptors (Lipinski definition) is 8. The molecule has 1 saturated heterocycles. The number of nitrogens with zero attached hydrogens (tertiary/aromatic N) is 1. The second kappa shape index (κ2) is 5.33. The van der Waals surface area contributed by atoms with Crippen molar-refractivity contribution in [3.63, 3.8) is 0 Å². The zero-order valence-corrected chi connectivity index (χ0v) is 11.0. The van der Waals surface area contributed by atoms with Crippen molar-refractivity contribution >= 4 is 0 Å². The lowest BCUT2D eigenvalue weighted by molar-refractivity contribution is -0.206. The Kier molecular flexibility index (Phi) is 4.02. The summed E-state index contributed by atoms with van der Waals surface area (Å²) in [6, 6.07) is 0.999. The molecule has 0 unspecified atom stereocenters. The molecule has 2 heterocycles. The lowest BCUT2D eigenvalue weighted by Crippen LogP contribution is -2.65. The molecule has 7 N–H and O–H groups in total. The first-order valence-electron chi connectivity index (χ1n) is 6.19. The molecule has 0 radical (unpaired) electrons. The Balaban J connectivity index is 2.69. The fourth-order valence-corrected chi connectivity index (χ4v) is 2.60. The molecule has 0 amide bonds. The van der Waals surface area contributed by atoms with Crippen molar-refractivity contribution < 1.29 is 25.2 Å². The summed E-state index contributed by atoms with van der Waals surface area (Å²) in [7, 11) is 0. The molecule has 1 aliphatic rings. The summed E-state index contributed by atoms with van der Waals surface area (Å²) in [5.41, 5.74) is -0.383. The van der Waals surface area contributed by atoms with Crippen LogP contribution in [0.5, 0.6) is 0 Å². The fourth-order valence-electron chi connectivity index (χ4n) is 2.60. The van der Waals surface area contributed by atoms with Gasteiger partial charge in [0.25, 0.3) is 5.56 Å². The van der Waals surface area contributed by atoms with E-state index in [9.17, 15) is 30.0 Å². The van der Waals surface area contributed by atoms with E-state index in [1.807, 2.05) is 4.98 Å². The molecule has 21 heavy (non-hydrogen) atoms. The number of aromatic amines is 1. The molecule has 2 rings (SSSR count). The van der Waals surface area contributed by atoms with Crippen molar-refractivity contribution in [2.45, 2.75) is 23.5 Å². The predicted octanol–water partition coefficient (Wildman–Crippen LogP) is -4.38. The molecule has 10 nitrogen and oxygen atoms in total. The minimum absolute atomic E-state index is 0.496. The number of H-pyrrole nitrogens is 1. The third kappa shape index (κ3) is 2.04. The van der Waals surface area contributed by atoms with E-state index in [1.165, 1.54) is 0 Å². The summed E-state index contributed by atoms with van der Waals surface area (Å²) < 4.78 is 6.16. The van der Waals surface area contributed by atoms with Crippen LogP contribution in [0.3, 0.4) is 0 Å². The Bertz CT molecular complexity index is 629. The molecule has 1 aromatic rings. The predicted molar refractivity (Wildman–Crippen MR) is 68.4 cm³/mol. The molecule has 1 aromatic heterocycles. The Morgan fingerprint density at radius 1 is 1.43 bits per heavy atom. The van der Waals surface area contributed by atoms with Gasteiger partial charge in [-0.05, 0) is 0 Å². The highest BCUT2D eigenvalue weighted by atomic mass is 16.6. The SMILES string of the molecule is NC[C@@]1(n2ccc(=O)[nH]c2=O)O[C@H](CO)[C@@H](O)[C@]1(O)CO. The summed E-state index contributed by atoms with van der Waals surface area (Å²) in [6.45, 7) is -2.14. The smallest absolute Gasteiger partial charge is 0.330 e. The minimum atomic E-state index is -2.34. The van der Waals surface area contributed by atoms with Gasteiger partial charge >= 0.3 is 5.69 Å². The minimum Gasteiger partial charge on any atom is -0.394 e. The van der Waals surface area contributed by atoms with Crippen LogP contribution in [-0.2, 0) is 10.5 Å². The summed E-state index contributed by atoms with van der Waals surface area (Å²) in [5, 5.41) is 39.3. The fraction of sp³-hybridized carbons (Fsp3) is 0.636. The van der Waals surface area contributed by atoms with E-state index in [2.05, 4.69) is 0 Å². The zero-order chi connectivity index (χ0) is 15.8. The number of aromatic nitrogens is 2. The van der Waals surface area contributed by atoms with Crippen molar-refractivity contribution in [2.24, 2.45) is 5.73 Å². The number of nitrogens with two attached hydrogens (primary N) is 1. The topological polar surface area (TPSA) is 171 Å². The Hall–Kier alpha value is -1.56. The van der Waals surface area contributed by atoms with E-state index in [0.29, 0.717) is 0 Å². The van der Waals surface area contributed by atoms with Gasteiger partial charge in [0.05, 0.1) is 13.2 Å². The quantitative estimate of drug-likeness (QED) is 0.324. The molecular formula is C11H17N3O7. The van der Waals surface area contributed by atoms with E-state index >= 15 is 0 Å². The number of ether oxygens (including phenoxy) is 1. The third-order valence-corrected chi connectivity index (χ3v) is 3.77. The number of hydrogen-bond donors (Lipinski definition) is 6. The van der Waals surface area contributed by atoms with Crippen LogP contribution in [0.15, 0.2) is 21.9 Å². The molecule has 4 atom stereocenters. The highest BCUT2D eigenvalue weighted by molar-refractivity contribution is 5.12. The first kappa shape index (κ1) is 15.8. The van der Waals surface area contributed by atoms with Crippen molar-refractivity contribution in [3.8, 4) is 0 Å². The van der Waals surface area contributed by atoms with Crippen molar-refractivity contribution in [1.29, 1.82) is 0 Å². The third-order valence-electron chi connectivity index (χ3n) is 3.77. The Morgan fingerprint density at radius 2 is 2.10 bits per heavy atom. The van der Waals surface area contributed by atoms with Gasteiger partial charge in [-0.25, -0.2) is 4.79 Å². The van der Waals surface area contributed by atoms with Crippen LogP contribution < -0.4 is 17.0 Å². The molecule has 0 aliphatic carbocycles. The molecule has 0 bridgehead atoms. The van der Waals surface area contributed by atoms with Crippen LogP contribution in [0.4, 0.5) is 0 Å². The van der Waals surface area contributed by atoms with Gasteiger partial charge in [0, 0.05) is 18.8 Å². The van der Waals surface area contributed by atoms with Crippen LogP contribution in [0, 0.1) is 0 Å². The molecule has 118 valence electrons. The van der Waals surface area contributed by atoms with Gasteiger partial charge in [0.15, 0.2) is 11.3 Å². The second-order valence-corrected chi connectivity index (χ2v) is 4.83. The van der Waals surface area contributed by atoms with Crippen molar-refractivity contribution in [1.82, 2.24) is 9.55 Å².